The lowest BCUT2D eigenvalue weighted by Crippen LogP contribution is -2.42. The second-order valence-corrected chi connectivity index (χ2v) is 6.04. The predicted octanol–water partition coefficient (Wildman–Crippen LogP) is 4.27. The van der Waals surface area contributed by atoms with E-state index in [0.717, 1.165) is 12.8 Å². The molecule has 0 aliphatic carbocycles. The summed E-state index contributed by atoms with van der Waals surface area (Å²) in [6.45, 7) is 10.2. The molecule has 0 saturated carbocycles. The normalized spacial score (nSPS) is 14.3. The van der Waals surface area contributed by atoms with Gasteiger partial charge in [0.25, 0.3) is 5.91 Å². The minimum absolute atomic E-state index is 0.0720. The molecular formula is C19H28N2O3. The first-order valence-electron chi connectivity index (χ1n) is 8.56. The highest BCUT2D eigenvalue weighted by molar-refractivity contribution is 5.98. The first-order valence-corrected chi connectivity index (χ1v) is 8.56. The fourth-order valence-corrected chi connectivity index (χ4v) is 2.02. The molecule has 24 heavy (non-hydrogen) atoms. The van der Waals surface area contributed by atoms with Crippen LogP contribution >= 0.6 is 0 Å². The number of hydrogen-bond acceptors (Lipinski definition) is 4. The van der Waals surface area contributed by atoms with E-state index in [2.05, 4.69) is 11.4 Å². The van der Waals surface area contributed by atoms with Gasteiger partial charge in [-0.25, -0.2) is 0 Å². The average molecular weight is 332 g/mol. The summed E-state index contributed by atoms with van der Waals surface area (Å²) in [5, 5.41) is 12.2. The Labute approximate surface area is 145 Å². The molecule has 5 heteroatoms. The molecule has 0 saturated heterocycles. The van der Waals surface area contributed by atoms with Crippen molar-refractivity contribution in [2.45, 2.75) is 65.6 Å². The third-order valence-corrected chi connectivity index (χ3v) is 4.05. The van der Waals surface area contributed by atoms with Gasteiger partial charge in [-0.15, -0.1) is 0 Å². The SMILES string of the molecule is CCCO[C@](C)(CC)C(=O)Nc1ccc(O[C@@H](C)CC)cc1C#N. The van der Waals surface area contributed by atoms with Crippen LogP contribution in [0.1, 0.15) is 59.4 Å². The Balaban J connectivity index is 2.94. The molecule has 0 aliphatic rings. The van der Waals surface area contributed by atoms with Gasteiger partial charge in [0.1, 0.15) is 17.4 Å². The van der Waals surface area contributed by atoms with Crippen molar-refractivity contribution in [1.82, 2.24) is 0 Å². The number of carbonyl (C=O) groups is 1. The van der Waals surface area contributed by atoms with E-state index in [1.165, 1.54) is 0 Å². The zero-order chi connectivity index (χ0) is 18.2. The molecule has 1 amide bonds. The highest BCUT2D eigenvalue weighted by Crippen LogP contribution is 2.25. The van der Waals surface area contributed by atoms with E-state index < -0.39 is 5.60 Å². The number of hydrogen-bond donors (Lipinski definition) is 1. The maximum atomic E-state index is 12.6. The molecule has 0 fully saturated rings. The van der Waals surface area contributed by atoms with E-state index in [1.54, 1.807) is 25.1 Å². The first-order chi connectivity index (χ1) is 11.4. The molecule has 0 radical (unpaired) electrons. The Morgan fingerprint density at radius 1 is 1.38 bits per heavy atom. The van der Waals surface area contributed by atoms with E-state index in [1.807, 2.05) is 27.7 Å². The third-order valence-electron chi connectivity index (χ3n) is 4.05. The van der Waals surface area contributed by atoms with Crippen molar-refractivity contribution in [3.05, 3.63) is 23.8 Å². The van der Waals surface area contributed by atoms with Gasteiger partial charge in [-0.1, -0.05) is 20.8 Å². The Kier molecular flexibility index (Phi) is 7.73. The number of nitrogens with zero attached hydrogens (tertiary/aromatic N) is 1. The highest BCUT2D eigenvalue weighted by atomic mass is 16.5. The molecule has 1 aromatic carbocycles. The molecule has 1 rings (SSSR count). The summed E-state index contributed by atoms with van der Waals surface area (Å²) < 4.78 is 11.4. The van der Waals surface area contributed by atoms with Crippen molar-refractivity contribution >= 4 is 11.6 Å². The standard InChI is InChI=1S/C19H28N2O3/c1-6-11-23-19(5,8-3)18(22)21-17-10-9-16(12-15(17)13-20)24-14(4)7-2/h9-10,12,14H,6-8,11H2,1-5H3,(H,21,22)/t14-,19+/m0/s1. The van der Waals surface area contributed by atoms with E-state index in [4.69, 9.17) is 9.47 Å². The smallest absolute Gasteiger partial charge is 0.256 e. The molecule has 2 atom stereocenters. The molecular weight excluding hydrogens is 304 g/mol. The van der Waals surface area contributed by atoms with Crippen LogP contribution in [0.2, 0.25) is 0 Å². The van der Waals surface area contributed by atoms with Crippen molar-refractivity contribution in [3.63, 3.8) is 0 Å². The molecule has 132 valence electrons. The van der Waals surface area contributed by atoms with Crippen LogP contribution in [0.15, 0.2) is 18.2 Å². The van der Waals surface area contributed by atoms with Crippen molar-refractivity contribution in [1.29, 1.82) is 5.26 Å². The van der Waals surface area contributed by atoms with Gasteiger partial charge in [0.05, 0.1) is 17.4 Å². The molecule has 0 spiro atoms. The maximum absolute atomic E-state index is 12.6. The van der Waals surface area contributed by atoms with Gasteiger partial charge in [0.2, 0.25) is 0 Å². The molecule has 1 aromatic rings. The first kappa shape index (κ1) is 20.0. The summed E-state index contributed by atoms with van der Waals surface area (Å²) in [5.74, 6) is 0.380. The molecule has 0 heterocycles. The Bertz CT molecular complexity index is 595. The number of carbonyl (C=O) groups excluding carboxylic acids is 1. The van der Waals surface area contributed by atoms with E-state index in [-0.39, 0.29) is 12.0 Å². The molecule has 5 nitrogen and oxygen atoms in total. The van der Waals surface area contributed by atoms with Crippen LogP contribution in [0, 0.1) is 11.3 Å². The number of rotatable bonds is 9. The Morgan fingerprint density at radius 2 is 2.08 bits per heavy atom. The summed E-state index contributed by atoms with van der Waals surface area (Å²) in [6.07, 6.45) is 2.34. The highest BCUT2D eigenvalue weighted by Gasteiger charge is 2.32. The minimum Gasteiger partial charge on any atom is -0.491 e. The van der Waals surface area contributed by atoms with Gasteiger partial charge in [0, 0.05) is 12.7 Å². The Morgan fingerprint density at radius 3 is 2.62 bits per heavy atom. The van der Waals surface area contributed by atoms with Crippen LogP contribution in [0.25, 0.3) is 0 Å². The minimum atomic E-state index is -0.908. The summed E-state index contributed by atoms with van der Waals surface area (Å²) in [4.78, 5) is 12.6. The third kappa shape index (κ3) is 5.24. The number of nitrogens with one attached hydrogen (secondary N) is 1. The average Bonchev–Trinajstić information content (AvgIpc) is 2.60. The fraction of sp³-hybridized carbons (Fsp3) is 0.579. The van der Waals surface area contributed by atoms with Gasteiger partial charge < -0.3 is 14.8 Å². The molecule has 0 aliphatic heterocycles. The molecule has 0 bridgehead atoms. The lowest BCUT2D eigenvalue weighted by Gasteiger charge is -2.27. The van der Waals surface area contributed by atoms with Gasteiger partial charge in [-0.2, -0.15) is 5.26 Å². The molecule has 0 aromatic heterocycles. The number of nitriles is 1. The Hall–Kier alpha value is -2.06. The fourth-order valence-electron chi connectivity index (χ4n) is 2.02. The summed E-state index contributed by atoms with van der Waals surface area (Å²) in [5.41, 5.74) is -0.0638. The summed E-state index contributed by atoms with van der Waals surface area (Å²) in [6, 6.07) is 7.22. The van der Waals surface area contributed by atoms with E-state index in [9.17, 15) is 10.1 Å². The van der Waals surface area contributed by atoms with Crippen molar-refractivity contribution in [2.75, 3.05) is 11.9 Å². The van der Waals surface area contributed by atoms with E-state index in [0.29, 0.717) is 30.0 Å². The maximum Gasteiger partial charge on any atom is 0.256 e. The zero-order valence-electron chi connectivity index (χ0n) is 15.3. The second kappa shape index (κ2) is 9.29. The monoisotopic (exact) mass is 332 g/mol. The van der Waals surface area contributed by atoms with Crippen LogP contribution < -0.4 is 10.1 Å². The van der Waals surface area contributed by atoms with Gasteiger partial charge in [-0.05, 0) is 45.2 Å². The predicted molar refractivity (Wildman–Crippen MR) is 95.1 cm³/mol. The van der Waals surface area contributed by atoms with Crippen LogP contribution in [0.4, 0.5) is 5.69 Å². The summed E-state index contributed by atoms with van der Waals surface area (Å²) >= 11 is 0. The van der Waals surface area contributed by atoms with Crippen LogP contribution in [0.3, 0.4) is 0 Å². The molecule has 1 N–H and O–H groups in total. The summed E-state index contributed by atoms with van der Waals surface area (Å²) in [7, 11) is 0. The zero-order valence-corrected chi connectivity index (χ0v) is 15.3. The van der Waals surface area contributed by atoms with Crippen molar-refractivity contribution < 1.29 is 14.3 Å². The van der Waals surface area contributed by atoms with Gasteiger partial charge >= 0.3 is 0 Å². The quantitative estimate of drug-likeness (QED) is 0.733. The van der Waals surface area contributed by atoms with Crippen LogP contribution in [-0.4, -0.2) is 24.2 Å². The molecule has 0 unspecified atom stereocenters. The van der Waals surface area contributed by atoms with Gasteiger partial charge in [0.15, 0.2) is 0 Å². The van der Waals surface area contributed by atoms with Crippen molar-refractivity contribution in [2.24, 2.45) is 0 Å². The number of ether oxygens (including phenoxy) is 2. The lowest BCUT2D eigenvalue weighted by atomic mass is 10.0. The largest absolute Gasteiger partial charge is 0.491 e. The number of benzene rings is 1. The van der Waals surface area contributed by atoms with Gasteiger partial charge in [-0.3, -0.25) is 4.79 Å². The number of anilines is 1. The van der Waals surface area contributed by atoms with Crippen molar-refractivity contribution in [3.8, 4) is 11.8 Å². The lowest BCUT2D eigenvalue weighted by molar-refractivity contribution is -0.139. The second-order valence-electron chi connectivity index (χ2n) is 6.04. The van der Waals surface area contributed by atoms with Crippen LogP contribution in [0.5, 0.6) is 5.75 Å². The van der Waals surface area contributed by atoms with Crippen LogP contribution in [-0.2, 0) is 9.53 Å². The number of amides is 1. The van der Waals surface area contributed by atoms with E-state index >= 15 is 0 Å². The topological polar surface area (TPSA) is 71.3 Å².